The summed E-state index contributed by atoms with van der Waals surface area (Å²) in [7, 11) is 3.53. The molecule has 0 atom stereocenters. The van der Waals surface area contributed by atoms with Gasteiger partial charge in [0, 0.05) is 32.0 Å². The molecule has 0 radical (unpaired) electrons. The molecule has 0 unspecified atom stereocenters. The molecule has 1 amide bonds. The molecule has 1 heterocycles. The van der Waals surface area contributed by atoms with E-state index in [9.17, 15) is 4.79 Å². The van der Waals surface area contributed by atoms with Crippen molar-refractivity contribution in [2.45, 2.75) is 18.1 Å². The molecule has 0 spiro atoms. The van der Waals surface area contributed by atoms with Gasteiger partial charge in [0.05, 0.1) is 0 Å². The van der Waals surface area contributed by atoms with Crippen LogP contribution >= 0.6 is 11.8 Å². The van der Waals surface area contributed by atoms with Crippen molar-refractivity contribution >= 4 is 34.5 Å². The topological polar surface area (TPSA) is 72.4 Å². The Morgan fingerprint density at radius 3 is 3.00 bits per heavy atom. The van der Waals surface area contributed by atoms with Crippen LogP contribution in [0.2, 0.25) is 0 Å². The van der Waals surface area contributed by atoms with Crippen LogP contribution in [0.4, 0.5) is 5.69 Å². The Morgan fingerprint density at radius 1 is 1.47 bits per heavy atom. The number of nitrogen functional groups attached to an aromatic ring is 1. The van der Waals surface area contributed by atoms with Gasteiger partial charge in [-0.25, -0.2) is 4.98 Å². The van der Waals surface area contributed by atoms with E-state index in [1.54, 1.807) is 31.1 Å². The fraction of sp³-hybridized carbons (Fsp3) is 0.385. The van der Waals surface area contributed by atoms with E-state index in [0.717, 1.165) is 23.3 Å². The van der Waals surface area contributed by atoms with Crippen LogP contribution in [0.3, 0.4) is 0 Å². The van der Waals surface area contributed by atoms with Crippen LogP contribution in [0.1, 0.15) is 12.8 Å². The fourth-order valence-electron chi connectivity index (χ4n) is 1.59. The van der Waals surface area contributed by atoms with Crippen molar-refractivity contribution in [1.29, 1.82) is 0 Å². The molecule has 6 heteroatoms. The molecule has 5 nitrogen and oxygen atoms in total. The third kappa shape index (κ3) is 3.64. The van der Waals surface area contributed by atoms with Gasteiger partial charge in [-0.15, -0.1) is 0 Å². The monoisotopic (exact) mass is 279 g/mol. The van der Waals surface area contributed by atoms with Crippen LogP contribution in [0.15, 0.2) is 27.8 Å². The van der Waals surface area contributed by atoms with Crippen LogP contribution in [0.25, 0.3) is 11.1 Å². The molecule has 0 saturated carbocycles. The van der Waals surface area contributed by atoms with E-state index in [1.165, 1.54) is 11.8 Å². The second-order valence-electron chi connectivity index (χ2n) is 4.45. The van der Waals surface area contributed by atoms with Gasteiger partial charge in [0.15, 0.2) is 5.58 Å². The molecule has 1 aromatic carbocycles. The number of hydrogen-bond acceptors (Lipinski definition) is 5. The van der Waals surface area contributed by atoms with Crippen molar-refractivity contribution < 1.29 is 9.21 Å². The van der Waals surface area contributed by atoms with E-state index in [1.807, 2.05) is 6.07 Å². The minimum atomic E-state index is 0.144. The van der Waals surface area contributed by atoms with Crippen LogP contribution in [0, 0.1) is 0 Å². The van der Waals surface area contributed by atoms with Crippen molar-refractivity contribution in [2.24, 2.45) is 0 Å². The first-order chi connectivity index (χ1) is 9.06. The maximum absolute atomic E-state index is 11.4. The highest BCUT2D eigenvalue weighted by atomic mass is 32.2. The van der Waals surface area contributed by atoms with Crippen molar-refractivity contribution in [3.8, 4) is 0 Å². The van der Waals surface area contributed by atoms with Crippen molar-refractivity contribution in [1.82, 2.24) is 9.88 Å². The average molecular weight is 279 g/mol. The standard InChI is InChI=1S/C13H17N3O2S/c1-16(2)12(17)4-3-7-19-13-15-10-8-9(14)5-6-11(10)18-13/h5-6,8H,3-4,7,14H2,1-2H3. The van der Waals surface area contributed by atoms with E-state index in [4.69, 9.17) is 10.2 Å². The smallest absolute Gasteiger partial charge is 0.256 e. The van der Waals surface area contributed by atoms with Gasteiger partial charge < -0.3 is 15.1 Å². The number of nitrogens with zero attached hydrogens (tertiary/aromatic N) is 2. The number of amides is 1. The van der Waals surface area contributed by atoms with Gasteiger partial charge in [-0.1, -0.05) is 11.8 Å². The summed E-state index contributed by atoms with van der Waals surface area (Å²) in [5.41, 5.74) is 7.87. The molecule has 2 N–H and O–H groups in total. The lowest BCUT2D eigenvalue weighted by Crippen LogP contribution is -2.21. The molecule has 102 valence electrons. The van der Waals surface area contributed by atoms with Gasteiger partial charge >= 0.3 is 0 Å². The summed E-state index contributed by atoms with van der Waals surface area (Å²) in [6.45, 7) is 0. The zero-order valence-electron chi connectivity index (χ0n) is 11.0. The second-order valence-corrected chi connectivity index (χ2v) is 5.49. The number of oxazole rings is 1. The van der Waals surface area contributed by atoms with Crippen LogP contribution < -0.4 is 5.73 Å². The first kappa shape index (κ1) is 13.7. The summed E-state index contributed by atoms with van der Waals surface area (Å²) in [5.74, 6) is 0.952. The zero-order valence-corrected chi connectivity index (χ0v) is 11.9. The predicted molar refractivity (Wildman–Crippen MR) is 77.1 cm³/mol. The van der Waals surface area contributed by atoms with Gasteiger partial charge in [0.2, 0.25) is 5.91 Å². The van der Waals surface area contributed by atoms with E-state index in [2.05, 4.69) is 4.98 Å². The van der Waals surface area contributed by atoms with E-state index >= 15 is 0 Å². The molecule has 0 aliphatic rings. The lowest BCUT2D eigenvalue weighted by molar-refractivity contribution is -0.128. The van der Waals surface area contributed by atoms with Crippen molar-refractivity contribution in [3.05, 3.63) is 18.2 Å². The first-order valence-corrected chi connectivity index (χ1v) is 7.04. The van der Waals surface area contributed by atoms with Gasteiger partial charge in [0.25, 0.3) is 5.22 Å². The first-order valence-electron chi connectivity index (χ1n) is 6.05. The highest BCUT2D eigenvalue weighted by molar-refractivity contribution is 7.99. The van der Waals surface area contributed by atoms with Crippen LogP contribution in [0.5, 0.6) is 0 Å². The summed E-state index contributed by atoms with van der Waals surface area (Å²) < 4.78 is 5.58. The van der Waals surface area contributed by atoms with Crippen molar-refractivity contribution in [2.75, 3.05) is 25.6 Å². The molecule has 2 aromatic rings. The second kappa shape index (κ2) is 5.97. The number of rotatable bonds is 5. The normalized spacial score (nSPS) is 10.8. The number of carbonyl (C=O) groups is 1. The fourth-order valence-corrected chi connectivity index (χ4v) is 2.37. The lowest BCUT2D eigenvalue weighted by atomic mass is 10.3. The Bertz CT molecular complexity index is 580. The minimum absolute atomic E-state index is 0.144. The van der Waals surface area contributed by atoms with Crippen LogP contribution in [-0.2, 0) is 4.79 Å². The molecule has 0 bridgehead atoms. The van der Waals surface area contributed by atoms with Crippen LogP contribution in [-0.4, -0.2) is 35.6 Å². The molecular formula is C13H17N3O2S. The Morgan fingerprint density at radius 2 is 2.26 bits per heavy atom. The van der Waals surface area contributed by atoms with Gasteiger partial charge in [0.1, 0.15) is 5.52 Å². The molecule has 19 heavy (non-hydrogen) atoms. The molecule has 0 aliphatic heterocycles. The quantitative estimate of drug-likeness (QED) is 0.517. The van der Waals surface area contributed by atoms with Gasteiger partial charge in [-0.2, -0.15) is 0 Å². The molecule has 0 fully saturated rings. The Hall–Kier alpha value is -1.69. The highest BCUT2D eigenvalue weighted by Gasteiger charge is 2.08. The third-order valence-corrected chi connectivity index (χ3v) is 3.57. The number of fused-ring (bicyclic) bond motifs is 1. The average Bonchev–Trinajstić information content (AvgIpc) is 2.75. The SMILES string of the molecule is CN(C)C(=O)CCCSc1nc2cc(N)ccc2o1. The number of thioether (sulfide) groups is 1. The highest BCUT2D eigenvalue weighted by Crippen LogP contribution is 2.25. The third-order valence-electron chi connectivity index (χ3n) is 2.65. The Kier molecular flexibility index (Phi) is 4.31. The maximum Gasteiger partial charge on any atom is 0.256 e. The molecule has 0 aliphatic carbocycles. The number of nitrogens with two attached hydrogens (primary N) is 1. The number of carbonyl (C=O) groups excluding carboxylic acids is 1. The summed E-state index contributed by atoms with van der Waals surface area (Å²) in [6.07, 6.45) is 1.36. The van der Waals surface area contributed by atoms with E-state index in [-0.39, 0.29) is 5.91 Å². The zero-order chi connectivity index (χ0) is 13.8. The largest absolute Gasteiger partial charge is 0.431 e. The predicted octanol–water partition coefficient (Wildman–Crippen LogP) is 2.37. The molecule has 0 saturated heterocycles. The Labute approximate surface area is 116 Å². The summed E-state index contributed by atoms with van der Waals surface area (Å²) >= 11 is 1.52. The summed E-state index contributed by atoms with van der Waals surface area (Å²) in [4.78, 5) is 17.3. The molecular weight excluding hydrogens is 262 g/mol. The number of anilines is 1. The maximum atomic E-state index is 11.4. The number of hydrogen-bond donors (Lipinski definition) is 1. The van der Waals surface area contributed by atoms with E-state index in [0.29, 0.717) is 17.3 Å². The number of benzene rings is 1. The van der Waals surface area contributed by atoms with Gasteiger partial charge in [-0.05, 0) is 24.6 Å². The molecule has 1 aromatic heterocycles. The van der Waals surface area contributed by atoms with Crippen molar-refractivity contribution in [3.63, 3.8) is 0 Å². The molecule has 2 rings (SSSR count). The van der Waals surface area contributed by atoms with E-state index < -0.39 is 0 Å². The van der Waals surface area contributed by atoms with Gasteiger partial charge in [-0.3, -0.25) is 4.79 Å². The Balaban J connectivity index is 1.86. The number of aromatic nitrogens is 1. The minimum Gasteiger partial charge on any atom is -0.431 e. The summed E-state index contributed by atoms with van der Waals surface area (Å²) in [6, 6.07) is 5.40. The lowest BCUT2D eigenvalue weighted by Gasteiger charge is -2.08. The summed E-state index contributed by atoms with van der Waals surface area (Å²) in [5, 5.41) is 0.623.